The van der Waals surface area contributed by atoms with E-state index in [0.29, 0.717) is 13.0 Å². The molecule has 1 aliphatic rings. The minimum atomic E-state index is 0.0174. The summed E-state index contributed by atoms with van der Waals surface area (Å²) in [4.78, 5) is 22.8. The zero-order chi connectivity index (χ0) is 11.5. The monoisotopic (exact) mass is 220 g/mol. The molecule has 1 saturated carbocycles. The van der Waals surface area contributed by atoms with Crippen LogP contribution in [0.1, 0.15) is 29.6 Å². The average Bonchev–Trinajstić information content (AvgIpc) is 3.04. The van der Waals surface area contributed by atoms with Gasteiger partial charge in [-0.05, 0) is 18.9 Å². The number of carbonyl (C=O) groups excluding carboxylic acids is 2. The molecule has 86 valence electrons. The second-order valence-electron chi connectivity index (χ2n) is 4.20. The van der Waals surface area contributed by atoms with E-state index in [1.54, 1.807) is 7.05 Å². The van der Waals surface area contributed by atoms with Crippen molar-refractivity contribution in [3.8, 4) is 0 Å². The molecule has 0 radical (unpaired) electrons. The maximum absolute atomic E-state index is 11.7. The number of aryl methyl sites for hydroxylation is 1. The number of hydrogen-bond donors (Lipinski definition) is 1. The highest BCUT2D eigenvalue weighted by molar-refractivity contribution is 5.99. The van der Waals surface area contributed by atoms with E-state index in [1.165, 1.54) is 0 Å². The van der Waals surface area contributed by atoms with Crippen molar-refractivity contribution in [3.05, 3.63) is 24.0 Å². The molecule has 0 atom stereocenters. The van der Waals surface area contributed by atoms with Gasteiger partial charge in [-0.1, -0.05) is 0 Å². The summed E-state index contributed by atoms with van der Waals surface area (Å²) < 4.78 is 1.89. The summed E-state index contributed by atoms with van der Waals surface area (Å²) in [5, 5.41) is 2.57. The first-order chi connectivity index (χ1) is 7.70. The lowest BCUT2D eigenvalue weighted by atomic mass is 10.1. The molecule has 0 spiro atoms. The van der Waals surface area contributed by atoms with Gasteiger partial charge in [0.15, 0.2) is 5.78 Å². The number of aromatic nitrogens is 1. The van der Waals surface area contributed by atoms with Crippen molar-refractivity contribution in [1.82, 2.24) is 9.88 Å². The number of nitrogens with zero attached hydrogens (tertiary/aromatic N) is 1. The number of ketones is 1. The minimum absolute atomic E-state index is 0.0174. The van der Waals surface area contributed by atoms with E-state index < -0.39 is 0 Å². The van der Waals surface area contributed by atoms with E-state index in [4.69, 9.17) is 0 Å². The van der Waals surface area contributed by atoms with Crippen LogP contribution in [0.15, 0.2) is 18.5 Å². The van der Waals surface area contributed by atoms with Crippen LogP contribution in [0.25, 0.3) is 0 Å². The summed E-state index contributed by atoms with van der Waals surface area (Å²) >= 11 is 0. The summed E-state index contributed by atoms with van der Waals surface area (Å²) in [6.07, 6.45) is 6.20. The van der Waals surface area contributed by atoms with Gasteiger partial charge in [0, 0.05) is 43.9 Å². The van der Waals surface area contributed by atoms with Gasteiger partial charge in [-0.2, -0.15) is 0 Å². The molecule has 1 aromatic heterocycles. The zero-order valence-electron chi connectivity index (χ0n) is 9.40. The molecule has 1 amide bonds. The number of rotatable bonds is 5. The molecule has 1 aliphatic carbocycles. The molecule has 0 saturated heterocycles. The summed E-state index contributed by atoms with van der Waals surface area (Å²) in [5.41, 5.74) is 0.777. The molecule has 0 aromatic carbocycles. The van der Waals surface area contributed by atoms with Crippen molar-refractivity contribution >= 4 is 11.7 Å². The first-order valence-electron chi connectivity index (χ1n) is 5.61. The Morgan fingerprint density at radius 2 is 2.25 bits per heavy atom. The van der Waals surface area contributed by atoms with Gasteiger partial charge in [-0.25, -0.2) is 0 Å². The Morgan fingerprint density at radius 3 is 2.88 bits per heavy atom. The summed E-state index contributed by atoms with van der Waals surface area (Å²) in [6.45, 7) is 0.623. The zero-order valence-corrected chi connectivity index (χ0v) is 9.40. The molecule has 4 heteroatoms. The summed E-state index contributed by atoms with van der Waals surface area (Å²) in [6, 6.07) is 1.84. The van der Waals surface area contributed by atoms with Gasteiger partial charge in [0.25, 0.3) is 0 Å². The van der Waals surface area contributed by atoms with E-state index in [2.05, 4.69) is 5.32 Å². The van der Waals surface area contributed by atoms with Crippen LogP contribution in [-0.2, 0) is 11.3 Å². The summed E-state index contributed by atoms with van der Waals surface area (Å²) in [5.74, 6) is 0.525. The van der Waals surface area contributed by atoms with Gasteiger partial charge in [0.2, 0.25) is 5.91 Å². The highest BCUT2D eigenvalue weighted by Gasteiger charge is 2.30. The van der Waals surface area contributed by atoms with Crippen molar-refractivity contribution in [1.29, 1.82) is 0 Å². The SMILES string of the molecule is CNC(=O)CCn1ccc(C(=O)C2CC2)c1. The Bertz CT molecular complexity index is 405. The fourth-order valence-corrected chi connectivity index (χ4v) is 1.66. The first-order valence-corrected chi connectivity index (χ1v) is 5.61. The van der Waals surface area contributed by atoms with Crippen LogP contribution in [0.2, 0.25) is 0 Å². The second kappa shape index (κ2) is 4.51. The van der Waals surface area contributed by atoms with E-state index in [1.807, 2.05) is 23.0 Å². The Morgan fingerprint density at radius 1 is 1.50 bits per heavy atom. The molecule has 1 heterocycles. The smallest absolute Gasteiger partial charge is 0.221 e. The van der Waals surface area contributed by atoms with Crippen molar-refractivity contribution in [2.75, 3.05) is 7.05 Å². The van der Waals surface area contributed by atoms with E-state index in [9.17, 15) is 9.59 Å². The van der Waals surface area contributed by atoms with Gasteiger partial charge >= 0.3 is 0 Å². The van der Waals surface area contributed by atoms with Gasteiger partial charge < -0.3 is 9.88 Å². The number of carbonyl (C=O) groups is 2. The fraction of sp³-hybridized carbons (Fsp3) is 0.500. The number of hydrogen-bond acceptors (Lipinski definition) is 2. The molecule has 1 aromatic rings. The Hall–Kier alpha value is -1.58. The predicted octanol–water partition coefficient (Wildman–Crippen LogP) is 1.22. The summed E-state index contributed by atoms with van der Waals surface area (Å²) in [7, 11) is 1.63. The standard InChI is InChI=1S/C12H16N2O2/c1-13-11(15)5-7-14-6-4-10(8-14)12(16)9-2-3-9/h4,6,8-9H,2-3,5,7H2,1H3,(H,13,15). The normalized spacial score (nSPS) is 14.8. The minimum Gasteiger partial charge on any atom is -0.359 e. The molecule has 1 N–H and O–H groups in total. The third-order valence-electron chi connectivity index (χ3n) is 2.86. The lowest BCUT2D eigenvalue weighted by molar-refractivity contribution is -0.120. The number of nitrogens with one attached hydrogen (secondary N) is 1. The molecule has 2 rings (SSSR count). The first kappa shape index (κ1) is 10.9. The highest BCUT2D eigenvalue weighted by Crippen LogP contribution is 2.32. The molecule has 16 heavy (non-hydrogen) atoms. The van der Waals surface area contributed by atoms with E-state index in [-0.39, 0.29) is 17.6 Å². The predicted molar refractivity (Wildman–Crippen MR) is 60.2 cm³/mol. The fourth-order valence-electron chi connectivity index (χ4n) is 1.66. The molecular formula is C12H16N2O2. The van der Waals surface area contributed by atoms with E-state index in [0.717, 1.165) is 18.4 Å². The van der Waals surface area contributed by atoms with Gasteiger partial charge in [-0.3, -0.25) is 9.59 Å². The molecule has 0 unspecified atom stereocenters. The van der Waals surface area contributed by atoms with Crippen LogP contribution in [0, 0.1) is 5.92 Å². The Kier molecular flexibility index (Phi) is 3.08. The van der Waals surface area contributed by atoms with Crippen LogP contribution >= 0.6 is 0 Å². The number of Topliss-reactive ketones (excluding diaryl/α,β-unsaturated/α-hetero) is 1. The molecule has 1 fully saturated rings. The lowest BCUT2D eigenvalue weighted by Crippen LogP contribution is -2.19. The molecule has 0 aliphatic heterocycles. The van der Waals surface area contributed by atoms with Crippen LogP contribution in [0.3, 0.4) is 0 Å². The lowest BCUT2D eigenvalue weighted by Gasteiger charge is -2.01. The highest BCUT2D eigenvalue weighted by atomic mass is 16.1. The van der Waals surface area contributed by atoms with Gasteiger partial charge in [-0.15, -0.1) is 0 Å². The van der Waals surface area contributed by atoms with Gasteiger partial charge in [0.05, 0.1) is 0 Å². The Balaban J connectivity index is 1.91. The molecular weight excluding hydrogens is 204 g/mol. The van der Waals surface area contributed by atoms with Crippen LogP contribution in [0.5, 0.6) is 0 Å². The maximum Gasteiger partial charge on any atom is 0.221 e. The Labute approximate surface area is 94.6 Å². The maximum atomic E-state index is 11.7. The van der Waals surface area contributed by atoms with Gasteiger partial charge in [0.1, 0.15) is 0 Å². The topological polar surface area (TPSA) is 51.1 Å². The van der Waals surface area contributed by atoms with Crippen molar-refractivity contribution in [2.24, 2.45) is 5.92 Å². The number of amides is 1. The third-order valence-corrected chi connectivity index (χ3v) is 2.86. The third kappa shape index (κ3) is 2.51. The van der Waals surface area contributed by atoms with Crippen molar-refractivity contribution in [3.63, 3.8) is 0 Å². The van der Waals surface area contributed by atoms with Crippen molar-refractivity contribution in [2.45, 2.75) is 25.8 Å². The molecule has 4 nitrogen and oxygen atoms in total. The second-order valence-corrected chi connectivity index (χ2v) is 4.20. The van der Waals surface area contributed by atoms with Crippen molar-refractivity contribution < 1.29 is 9.59 Å². The average molecular weight is 220 g/mol. The van der Waals surface area contributed by atoms with Crippen LogP contribution in [-0.4, -0.2) is 23.3 Å². The van der Waals surface area contributed by atoms with Crippen LogP contribution < -0.4 is 5.32 Å². The largest absolute Gasteiger partial charge is 0.359 e. The quantitative estimate of drug-likeness (QED) is 0.758. The van der Waals surface area contributed by atoms with Crippen LogP contribution in [0.4, 0.5) is 0 Å². The van der Waals surface area contributed by atoms with E-state index >= 15 is 0 Å². The molecule has 0 bridgehead atoms.